The molecule has 118 valence electrons. The molecule has 23 heavy (non-hydrogen) atoms. The highest BCUT2D eigenvalue weighted by Crippen LogP contribution is 2.16. The molecular formula is C16H18N6O. The molecule has 0 radical (unpaired) electrons. The zero-order chi connectivity index (χ0) is 16.1. The van der Waals surface area contributed by atoms with E-state index in [1.165, 1.54) is 0 Å². The van der Waals surface area contributed by atoms with Gasteiger partial charge in [0.15, 0.2) is 5.82 Å². The van der Waals surface area contributed by atoms with E-state index in [1.807, 2.05) is 37.3 Å². The summed E-state index contributed by atoms with van der Waals surface area (Å²) < 4.78 is 1.81. The van der Waals surface area contributed by atoms with Gasteiger partial charge in [-0.1, -0.05) is 37.3 Å². The first kappa shape index (κ1) is 15.0. The first-order chi connectivity index (χ1) is 11.3. The molecule has 0 aliphatic heterocycles. The number of nitrogens with zero attached hydrogens (tertiary/aromatic N) is 5. The highest BCUT2D eigenvalue weighted by molar-refractivity contribution is 5.89. The number of amides is 1. The molecule has 0 saturated carbocycles. The third-order valence-corrected chi connectivity index (χ3v) is 3.29. The third-order valence-electron chi connectivity index (χ3n) is 3.29. The van der Waals surface area contributed by atoms with Crippen LogP contribution in [0.2, 0.25) is 0 Å². The molecule has 0 aliphatic carbocycles. The van der Waals surface area contributed by atoms with Gasteiger partial charge in [0.1, 0.15) is 12.4 Å². The Hall–Kier alpha value is -2.96. The second kappa shape index (κ2) is 6.87. The Kier molecular flexibility index (Phi) is 4.46. The Morgan fingerprint density at radius 1 is 1.26 bits per heavy atom. The number of hydrogen-bond acceptors (Lipinski definition) is 4. The fraction of sp³-hybridized carbons (Fsp3) is 0.250. The molecule has 0 atom stereocenters. The average molecular weight is 310 g/mol. The van der Waals surface area contributed by atoms with Gasteiger partial charge in [0.05, 0.1) is 12.7 Å². The fourth-order valence-corrected chi connectivity index (χ4v) is 2.28. The molecule has 0 fully saturated rings. The van der Waals surface area contributed by atoms with Gasteiger partial charge < -0.3 is 9.88 Å². The lowest BCUT2D eigenvalue weighted by atomic mass is 10.2. The van der Waals surface area contributed by atoms with Crippen molar-refractivity contribution in [1.82, 2.24) is 24.5 Å². The zero-order valence-corrected chi connectivity index (χ0v) is 12.9. The van der Waals surface area contributed by atoms with Gasteiger partial charge in [-0.25, -0.2) is 4.98 Å². The van der Waals surface area contributed by atoms with Crippen LogP contribution in [-0.4, -0.2) is 30.5 Å². The number of aryl methyl sites for hydroxylation is 1. The Labute approximate surface area is 134 Å². The summed E-state index contributed by atoms with van der Waals surface area (Å²) in [4.78, 5) is 18.1. The van der Waals surface area contributed by atoms with E-state index in [1.54, 1.807) is 28.0 Å². The SMILES string of the molecule is CCCn1ncc(NC(=O)Cn2ccnc2-c2ccccc2)n1. The number of imidazole rings is 1. The Morgan fingerprint density at radius 2 is 2.09 bits per heavy atom. The molecule has 7 nitrogen and oxygen atoms in total. The standard InChI is InChI=1S/C16H18N6O/c1-2-9-22-18-11-14(20-22)19-15(23)12-21-10-8-17-16(21)13-6-4-3-5-7-13/h3-8,10-11H,2,9,12H2,1H3,(H,19,20,23). The van der Waals surface area contributed by atoms with Gasteiger partial charge in [0.25, 0.3) is 0 Å². The van der Waals surface area contributed by atoms with Gasteiger partial charge >= 0.3 is 0 Å². The lowest BCUT2D eigenvalue weighted by Gasteiger charge is -2.07. The fourth-order valence-electron chi connectivity index (χ4n) is 2.28. The predicted molar refractivity (Wildman–Crippen MR) is 86.6 cm³/mol. The summed E-state index contributed by atoms with van der Waals surface area (Å²) in [5.41, 5.74) is 0.971. The topological polar surface area (TPSA) is 77.6 Å². The zero-order valence-electron chi connectivity index (χ0n) is 12.9. The first-order valence-corrected chi connectivity index (χ1v) is 7.53. The van der Waals surface area contributed by atoms with Crippen molar-refractivity contribution in [2.24, 2.45) is 0 Å². The molecule has 7 heteroatoms. The van der Waals surface area contributed by atoms with Crippen LogP contribution in [0.1, 0.15) is 13.3 Å². The molecule has 3 aromatic rings. The molecule has 1 N–H and O–H groups in total. The Morgan fingerprint density at radius 3 is 2.87 bits per heavy atom. The van der Waals surface area contributed by atoms with Gasteiger partial charge in [-0.2, -0.15) is 9.90 Å². The van der Waals surface area contributed by atoms with Gasteiger partial charge in [-0.3, -0.25) is 4.79 Å². The van der Waals surface area contributed by atoms with Crippen molar-refractivity contribution in [3.8, 4) is 11.4 Å². The van der Waals surface area contributed by atoms with E-state index in [4.69, 9.17) is 0 Å². The van der Waals surface area contributed by atoms with E-state index in [0.29, 0.717) is 5.82 Å². The summed E-state index contributed by atoms with van der Waals surface area (Å²) in [6.45, 7) is 2.95. The van der Waals surface area contributed by atoms with E-state index in [-0.39, 0.29) is 12.5 Å². The maximum Gasteiger partial charge on any atom is 0.245 e. The highest BCUT2D eigenvalue weighted by Gasteiger charge is 2.11. The van der Waals surface area contributed by atoms with E-state index < -0.39 is 0 Å². The molecule has 2 heterocycles. The van der Waals surface area contributed by atoms with E-state index in [2.05, 4.69) is 20.5 Å². The number of aromatic nitrogens is 5. The number of nitrogens with one attached hydrogen (secondary N) is 1. The Balaban J connectivity index is 1.68. The lowest BCUT2D eigenvalue weighted by Crippen LogP contribution is -2.19. The quantitative estimate of drug-likeness (QED) is 0.757. The Bertz CT molecular complexity index is 777. The molecule has 0 spiro atoms. The van der Waals surface area contributed by atoms with Crippen LogP contribution >= 0.6 is 0 Å². The van der Waals surface area contributed by atoms with Gasteiger partial charge in [-0.05, 0) is 6.42 Å². The smallest absolute Gasteiger partial charge is 0.245 e. The molecule has 3 rings (SSSR count). The maximum absolute atomic E-state index is 12.2. The lowest BCUT2D eigenvalue weighted by molar-refractivity contribution is -0.116. The van der Waals surface area contributed by atoms with E-state index in [0.717, 1.165) is 24.4 Å². The van der Waals surface area contributed by atoms with Crippen LogP contribution in [0.25, 0.3) is 11.4 Å². The predicted octanol–water partition coefficient (Wildman–Crippen LogP) is 2.19. The summed E-state index contributed by atoms with van der Waals surface area (Å²) in [5, 5.41) is 11.0. The first-order valence-electron chi connectivity index (χ1n) is 7.53. The van der Waals surface area contributed by atoms with Crippen molar-refractivity contribution in [1.29, 1.82) is 0 Å². The number of carbonyl (C=O) groups is 1. The second-order valence-corrected chi connectivity index (χ2v) is 5.12. The summed E-state index contributed by atoms with van der Waals surface area (Å²) in [7, 11) is 0. The minimum atomic E-state index is -0.163. The summed E-state index contributed by atoms with van der Waals surface area (Å²) in [6.07, 6.45) is 5.97. The van der Waals surface area contributed by atoms with Gasteiger partial charge in [-0.15, -0.1) is 5.10 Å². The van der Waals surface area contributed by atoms with Crippen LogP contribution in [0.5, 0.6) is 0 Å². The molecule has 0 aliphatic rings. The van der Waals surface area contributed by atoms with Crippen LogP contribution in [0.3, 0.4) is 0 Å². The second-order valence-electron chi connectivity index (χ2n) is 5.12. The number of benzene rings is 1. The van der Waals surface area contributed by atoms with Crippen molar-refractivity contribution in [2.45, 2.75) is 26.4 Å². The van der Waals surface area contributed by atoms with Crippen molar-refractivity contribution >= 4 is 11.7 Å². The third kappa shape index (κ3) is 3.63. The van der Waals surface area contributed by atoms with Crippen LogP contribution in [-0.2, 0) is 17.9 Å². The molecule has 1 amide bonds. The van der Waals surface area contributed by atoms with Crippen LogP contribution < -0.4 is 5.32 Å². The monoisotopic (exact) mass is 310 g/mol. The molecule has 1 aromatic carbocycles. The van der Waals surface area contributed by atoms with Crippen molar-refractivity contribution in [3.63, 3.8) is 0 Å². The van der Waals surface area contributed by atoms with E-state index in [9.17, 15) is 4.79 Å². The average Bonchev–Trinajstić information content (AvgIpc) is 3.18. The van der Waals surface area contributed by atoms with E-state index >= 15 is 0 Å². The molecule has 2 aromatic heterocycles. The van der Waals surface area contributed by atoms with Crippen molar-refractivity contribution in [3.05, 3.63) is 48.9 Å². The van der Waals surface area contributed by atoms with Crippen molar-refractivity contribution in [2.75, 3.05) is 5.32 Å². The summed E-state index contributed by atoms with van der Waals surface area (Å²) >= 11 is 0. The van der Waals surface area contributed by atoms with Gasteiger partial charge in [0.2, 0.25) is 5.91 Å². The summed E-state index contributed by atoms with van der Waals surface area (Å²) in [6, 6.07) is 9.77. The number of hydrogen-bond donors (Lipinski definition) is 1. The summed E-state index contributed by atoms with van der Waals surface area (Å²) in [5.74, 6) is 1.06. The molecule has 0 bridgehead atoms. The van der Waals surface area contributed by atoms with Crippen molar-refractivity contribution < 1.29 is 4.79 Å². The van der Waals surface area contributed by atoms with Crippen LogP contribution in [0, 0.1) is 0 Å². The van der Waals surface area contributed by atoms with Gasteiger partial charge in [0, 0.05) is 18.0 Å². The maximum atomic E-state index is 12.2. The normalized spacial score (nSPS) is 10.7. The number of carbonyl (C=O) groups excluding carboxylic acids is 1. The molecule has 0 unspecified atom stereocenters. The largest absolute Gasteiger partial charge is 0.322 e. The number of rotatable bonds is 6. The van der Waals surface area contributed by atoms with Crippen LogP contribution in [0.15, 0.2) is 48.9 Å². The minimum Gasteiger partial charge on any atom is -0.322 e. The highest BCUT2D eigenvalue weighted by atomic mass is 16.2. The minimum absolute atomic E-state index is 0.163. The number of anilines is 1. The molecule has 0 saturated heterocycles. The molecular weight excluding hydrogens is 292 g/mol. The van der Waals surface area contributed by atoms with Crippen LogP contribution in [0.4, 0.5) is 5.82 Å².